The average Bonchev–Trinajstić information content (AvgIpc) is 2.54. The molecule has 2 aromatic rings. The maximum absolute atomic E-state index is 12.4. The van der Waals surface area contributed by atoms with Gasteiger partial charge in [-0.1, -0.05) is 0 Å². The van der Waals surface area contributed by atoms with Gasteiger partial charge in [0.15, 0.2) is 0 Å². The van der Waals surface area contributed by atoms with E-state index >= 15 is 0 Å². The molecule has 0 aliphatic heterocycles. The van der Waals surface area contributed by atoms with Gasteiger partial charge in [-0.05, 0) is 48.9 Å². The van der Waals surface area contributed by atoms with Crippen molar-refractivity contribution in [3.63, 3.8) is 0 Å². The molecule has 5 nitrogen and oxygen atoms in total. The molecule has 0 saturated heterocycles. The van der Waals surface area contributed by atoms with Gasteiger partial charge < -0.3 is 19.7 Å². The number of anilines is 2. The zero-order valence-electron chi connectivity index (χ0n) is 14.8. The summed E-state index contributed by atoms with van der Waals surface area (Å²) in [6.07, 6.45) is 0.217. The molecule has 1 amide bonds. The summed E-state index contributed by atoms with van der Waals surface area (Å²) in [5.74, 6) is 1.27. The van der Waals surface area contributed by atoms with Crippen LogP contribution in [0.5, 0.6) is 11.5 Å². The van der Waals surface area contributed by atoms with Crippen molar-refractivity contribution in [2.45, 2.75) is 13.3 Å². The molecule has 0 radical (unpaired) electrons. The molecule has 24 heavy (non-hydrogen) atoms. The van der Waals surface area contributed by atoms with Crippen molar-refractivity contribution < 1.29 is 14.3 Å². The zero-order chi connectivity index (χ0) is 17.7. The van der Waals surface area contributed by atoms with Crippen LogP contribution in [0.2, 0.25) is 0 Å². The number of carbonyl (C=O) groups is 1. The smallest absolute Gasteiger partial charge is 0.228 e. The number of benzene rings is 2. The van der Waals surface area contributed by atoms with Crippen molar-refractivity contribution >= 4 is 17.3 Å². The summed E-state index contributed by atoms with van der Waals surface area (Å²) in [4.78, 5) is 14.4. The lowest BCUT2D eigenvalue weighted by Crippen LogP contribution is -2.16. The molecular formula is C19H24N2O3. The highest BCUT2D eigenvalue weighted by Crippen LogP contribution is 2.25. The van der Waals surface area contributed by atoms with Crippen molar-refractivity contribution in [1.29, 1.82) is 0 Å². The Labute approximate surface area is 143 Å². The van der Waals surface area contributed by atoms with Gasteiger partial charge in [-0.3, -0.25) is 4.79 Å². The molecule has 0 unspecified atom stereocenters. The highest BCUT2D eigenvalue weighted by Gasteiger charge is 2.11. The average molecular weight is 328 g/mol. The van der Waals surface area contributed by atoms with Gasteiger partial charge in [0.05, 0.1) is 20.6 Å². The number of rotatable bonds is 6. The first kappa shape index (κ1) is 17.7. The van der Waals surface area contributed by atoms with Gasteiger partial charge in [-0.2, -0.15) is 0 Å². The van der Waals surface area contributed by atoms with Crippen LogP contribution in [0, 0.1) is 6.92 Å². The van der Waals surface area contributed by atoms with Gasteiger partial charge in [0.25, 0.3) is 0 Å². The first-order valence-electron chi connectivity index (χ1n) is 7.73. The molecule has 0 aliphatic carbocycles. The highest BCUT2D eigenvalue weighted by molar-refractivity contribution is 5.93. The third-order valence-electron chi connectivity index (χ3n) is 3.80. The van der Waals surface area contributed by atoms with Gasteiger partial charge in [-0.25, -0.2) is 0 Å². The van der Waals surface area contributed by atoms with E-state index in [4.69, 9.17) is 9.47 Å². The monoisotopic (exact) mass is 328 g/mol. The summed E-state index contributed by atoms with van der Waals surface area (Å²) >= 11 is 0. The lowest BCUT2D eigenvalue weighted by atomic mass is 10.1. The van der Waals surface area contributed by atoms with Crippen molar-refractivity contribution in [3.8, 4) is 11.5 Å². The number of nitrogens with zero attached hydrogens (tertiary/aromatic N) is 1. The SMILES string of the molecule is COc1ccc(OC)c(CC(=O)Nc2ccc(N(C)C)c(C)c2)c1. The second kappa shape index (κ2) is 7.73. The summed E-state index contributed by atoms with van der Waals surface area (Å²) in [6, 6.07) is 11.3. The summed E-state index contributed by atoms with van der Waals surface area (Å²) in [5, 5.41) is 2.93. The van der Waals surface area contributed by atoms with E-state index in [0.717, 1.165) is 22.5 Å². The molecule has 0 aromatic heterocycles. The predicted molar refractivity (Wildman–Crippen MR) is 97.4 cm³/mol. The second-order valence-electron chi connectivity index (χ2n) is 5.80. The number of ether oxygens (including phenoxy) is 2. The Bertz CT molecular complexity index is 727. The number of hydrogen-bond donors (Lipinski definition) is 1. The summed E-state index contributed by atoms with van der Waals surface area (Å²) in [5.41, 5.74) is 3.81. The molecule has 0 spiro atoms. The van der Waals surface area contributed by atoms with Crippen LogP contribution >= 0.6 is 0 Å². The first-order chi connectivity index (χ1) is 11.4. The third kappa shape index (κ3) is 4.19. The Hall–Kier alpha value is -2.69. The number of nitrogens with one attached hydrogen (secondary N) is 1. The Morgan fingerprint density at radius 3 is 2.42 bits per heavy atom. The molecule has 0 atom stereocenters. The van der Waals surface area contributed by atoms with E-state index in [2.05, 4.69) is 5.32 Å². The number of methoxy groups -OCH3 is 2. The van der Waals surface area contributed by atoms with E-state index in [1.54, 1.807) is 20.3 Å². The fourth-order valence-corrected chi connectivity index (χ4v) is 2.63. The van der Waals surface area contributed by atoms with Gasteiger partial charge in [0.2, 0.25) is 5.91 Å². The fourth-order valence-electron chi connectivity index (χ4n) is 2.63. The molecule has 1 N–H and O–H groups in total. The minimum absolute atomic E-state index is 0.0986. The third-order valence-corrected chi connectivity index (χ3v) is 3.80. The minimum Gasteiger partial charge on any atom is -0.497 e. The van der Waals surface area contributed by atoms with Gasteiger partial charge in [0.1, 0.15) is 11.5 Å². The lowest BCUT2D eigenvalue weighted by molar-refractivity contribution is -0.115. The second-order valence-corrected chi connectivity index (χ2v) is 5.80. The predicted octanol–water partition coefficient (Wildman–Crippen LogP) is 3.26. The Morgan fingerprint density at radius 1 is 1.08 bits per heavy atom. The van der Waals surface area contributed by atoms with Crippen LogP contribution < -0.4 is 19.7 Å². The molecule has 0 bridgehead atoms. The standard InChI is InChI=1S/C19H24N2O3/c1-13-10-15(6-8-17(13)21(2)3)20-19(22)12-14-11-16(23-4)7-9-18(14)24-5/h6-11H,12H2,1-5H3,(H,20,22). The van der Waals surface area contributed by atoms with Crippen LogP contribution in [0.25, 0.3) is 0 Å². The van der Waals surface area contributed by atoms with Crippen molar-refractivity contribution in [1.82, 2.24) is 0 Å². The molecule has 0 heterocycles. The minimum atomic E-state index is -0.0986. The molecule has 2 rings (SSSR count). The fraction of sp³-hybridized carbons (Fsp3) is 0.316. The van der Waals surface area contributed by atoms with Crippen LogP contribution in [0.3, 0.4) is 0 Å². The molecular weight excluding hydrogens is 304 g/mol. The zero-order valence-corrected chi connectivity index (χ0v) is 14.8. The molecule has 2 aromatic carbocycles. The van der Waals surface area contributed by atoms with Gasteiger partial charge in [-0.15, -0.1) is 0 Å². The summed E-state index contributed by atoms with van der Waals surface area (Å²) in [6.45, 7) is 2.02. The van der Waals surface area contributed by atoms with E-state index in [1.807, 2.05) is 56.3 Å². The summed E-state index contributed by atoms with van der Waals surface area (Å²) in [7, 11) is 7.18. The summed E-state index contributed by atoms with van der Waals surface area (Å²) < 4.78 is 10.5. The topological polar surface area (TPSA) is 50.8 Å². The van der Waals surface area contributed by atoms with E-state index in [9.17, 15) is 4.79 Å². The Morgan fingerprint density at radius 2 is 1.83 bits per heavy atom. The Kier molecular flexibility index (Phi) is 5.68. The molecule has 0 fully saturated rings. The largest absolute Gasteiger partial charge is 0.497 e. The van der Waals surface area contributed by atoms with Gasteiger partial charge in [0, 0.05) is 31.0 Å². The quantitative estimate of drug-likeness (QED) is 0.884. The molecule has 0 aliphatic rings. The maximum atomic E-state index is 12.4. The highest BCUT2D eigenvalue weighted by atomic mass is 16.5. The van der Waals surface area contributed by atoms with Crippen LogP contribution in [0.1, 0.15) is 11.1 Å². The van der Waals surface area contributed by atoms with Gasteiger partial charge >= 0.3 is 0 Å². The van der Waals surface area contributed by atoms with Crippen molar-refractivity contribution in [3.05, 3.63) is 47.5 Å². The van der Waals surface area contributed by atoms with Crippen LogP contribution in [0.15, 0.2) is 36.4 Å². The van der Waals surface area contributed by atoms with E-state index in [-0.39, 0.29) is 12.3 Å². The normalized spacial score (nSPS) is 10.2. The number of aryl methyl sites for hydroxylation is 1. The van der Waals surface area contributed by atoms with E-state index < -0.39 is 0 Å². The number of amides is 1. The maximum Gasteiger partial charge on any atom is 0.228 e. The first-order valence-corrected chi connectivity index (χ1v) is 7.73. The van der Waals surface area contributed by atoms with Crippen molar-refractivity contribution in [2.24, 2.45) is 0 Å². The van der Waals surface area contributed by atoms with E-state index in [0.29, 0.717) is 11.5 Å². The van der Waals surface area contributed by atoms with E-state index in [1.165, 1.54) is 0 Å². The van der Waals surface area contributed by atoms with Crippen molar-refractivity contribution in [2.75, 3.05) is 38.5 Å². The Balaban J connectivity index is 2.12. The van der Waals surface area contributed by atoms with Crippen LogP contribution in [0.4, 0.5) is 11.4 Å². The number of carbonyl (C=O) groups excluding carboxylic acids is 1. The molecule has 0 saturated carbocycles. The number of hydrogen-bond acceptors (Lipinski definition) is 4. The van der Waals surface area contributed by atoms with Crippen LogP contribution in [-0.2, 0) is 11.2 Å². The molecule has 128 valence electrons. The lowest BCUT2D eigenvalue weighted by Gasteiger charge is -2.17. The van der Waals surface area contributed by atoms with Crippen LogP contribution in [-0.4, -0.2) is 34.2 Å². The molecule has 5 heteroatoms.